The molecular weight excluding hydrogens is 534 g/mol. The van der Waals surface area contributed by atoms with E-state index >= 15 is 0 Å². The first-order valence-corrected chi connectivity index (χ1v) is 12.2. The average molecular weight is 551 g/mol. The largest absolute Gasteiger partial charge is 0.349 e. The summed E-state index contributed by atoms with van der Waals surface area (Å²) in [7, 11) is 0. The van der Waals surface area contributed by atoms with Gasteiger partial charge in [0.2, 0.25) is 29.0 Å². The highest BCUT2D eigenvalue weighted by atomic mass is 79.9. The maximum absolute atomic E-state index is 13.9. The molecule has 0 bridgehead atoms. The van der Waals surface area contributed by atoms with Crippen LogP contribution in [-0.4, -0.2) is 29.0 Å². The van der Waals surface area contributed by atoms with E-state index in [0.717, 1.165) is 14.9 Å². The van der Waals surface area contributed by atoms with Gasteiger partial charge in [-0.3, -0.25) is 19.2 Å². The van der Waals surface area contributed by atoms with Crippen LogP contribution in [0.15, 0.2) is 71.2 Å². The Kier molecular flexibility index (Phi) is 4.90. The molecule has 0 saturated carbocycles. The van der Waals surface area contributed by atoms with Crippen molar-refractivity contribution in [3.8, 4) is 0 Å². The Morgan fingerprint density at radius 3 is 2.11 bits per heavy atom. The number of rotatable bonds is 2. The van der Waals surface area contributed by atoms with Crippen LogP contribution in [0.5, 0.6) is 0 Å². The zero-order valence-corrected chi connectivity index (χ0v) is 20.7. The van der Waals surface area contributed by atoms with Crippen LogP contribution >= 0.6 is 27.5 Å². The predicted molar refractivity (Wildman–Crippen MR) is 131 cm³/mol. The molecule has 0 radical (unpaired) electrons. The van der Waals surface area contributed by atoms with Crippen molar-refractivity contribution in [3.05, 3.63) is 98.5 Å². The van der Waals surface area contributed by atoms with E-state index in [-0.39, 0.29) is 11.1 Å². The number of anilines is 1. The number of imide groups is 1. The third-order valence-corrected chi connectivity index (χ3v) is 8.07. The van der Waals surface area contributed by atoms with E-state index in [4.69, 9.17) is 16.3 Å². The van der Waals surface area contributed by atoms with Crippen LogP contribution in [0.2, 0.25) is 5.02 Å². The summed E-state index contributed by atoms with van der Waals surface area (Å²) in [5.41, 5.74) is 0.00390. The summed E-state index contributed by atoms with van der Waals surface area (Å²) in [4.78, 5) is 56.3. The number of benzene rings is 3. The normalized spacial score (nSPS) is 24.4. The molecule has 2 heterocycles. The molecule has 2 fully saturated rings. The zero-order chi connectivity index (χ0) is 24.6. The number of fused-ring (bicyclic) bond motifs is 3. The Bertz CT molecular complexity index is 1430. The Labute approximate surface area is 214 Å². The molecule has 8 heteroatoms. The average Bonchev–Trinajstić information content (AvgIpc) is 3.42. The lowest BCUT2D eigenvalue weighted by atomic mass is 9.77. The fourth-order valence-electron chi connectivity index (χ4n) is 5.51. The number of amides is 2. The zero-order valence-electron chi connectivity index (χ0n) is 18.3. The lowest BCUT2D eigenvalue weighted by Crippen LogP contribution is -2.51. The highest BCUT2D eigenvalue weighted by molar-refractivity contribution is 9.10. The third-order valence-electron chi connectivity index (χ3n) is 7.11. The standard InChI is InChI=1S/C27H17BrClNO5/c1-13-12-14(6-11-19(13)29)22-20-21(26(34)30(25(20)33)16-9-7-15(28)8-10-16)27(35-22)23(31)17-4-2-3-5-18(17)24(27)32/h2-12,20-22H,1H3/t20-,21+,22-/m1/s1. The van der Waals surface area contributed by atoms with Crippen molar-refractivity contribution in [2.45, 2.75) is 18.6 Å². The topological polar surface area (TPSA) is 80.8 Å². The van der Waals surface area contributed by atoms with Crippen molar-refractivity contribution >= 4 is 56.6 Å². The van der Waals surface area contributed by atoms with Gasteiger partial charge >= 0.3 is 0 Å². The molecule has 6 nitrogen and oxygen atoms in total. The van der Waals surface area contributed by atoms with Gasteiger partial charge in [0.15, 0.2) is 0 Å². The van der Waals surface area contributed by atoms with Gasteiger partial charge in [0.1, 0.15) is 0 Å². The minimum absolute atomic E-state index is 0.200. The summed E-state index contributed by atoms with van der Waals surface area (Å²) in [6.07, 6.45) is -0.977. The molecule has 3 aromatic carbocycles. The first-order chi connectivity index (χ1) is 16.8. The highest BCUT2D eigenvalue weighted by Gasteiger charge is 2.74. The van der Waals surface area contributed by atoms with Gasteiger partial charge in [0.25, 0.3) is 0 Å². The number of carbonyl (C=O) groups excluding carboxylic acids is 4. The van der Waals surface area contributed by atoms with Crippen molar-refractivity contribution < 1.29 is 23.9 Å². The van der Waals surface area contributed by atoms with Crippen LogP contribution in [0.1, 0.15) is 37.9 Å². The van der Waals surface area contributed by atoms with Crippen LogP contribution in [0.4, 0.5) is 5.69 Å². The van der Waals surface area contributed by atoms with E-state index in [2.05, 4.69) is 15.9 Å². The molecule has 1 aliphatic carbocycles. The van der Waals surface area contributed by atoms with Crippen molar-refractivity contribution in [1.29, 1.82) is 0 Å². The number of halogens is 2. The molecule has 0 unspecified atom stereocenters. The number of nitrogens with zero attached hydrogens (tertiary/aromatic N) is 1. The van der Waals surface area contributed by atoms with Crippen molar-refractivity contribution in [2.75, 3.05) is 4.90 Å². The summed E-state index contributed by atoms with van der Waals surface area (Å²) in [6, 6.07) is 18.3. The summed E-state index contributed by atoms with van der Waals surface area (Å²) in [6.45, 7) is 1.81. The van der Waals surface area contributed by atoms with E-state index in [1.807, 2.05) is 6.92 Å². The second-order valence-corrected chi connectivity index (χ2v) is 10.3. The first kappa shape index (κ1) is 22.3. The highest BCUT2D eigenvalue weighted by Crippen LogP contribution is 2.57. The van der Waals surface area contributed by atoms with E-state index in [1.54, 1.807) is 66.7 Å². The summed E-state index contributed by atoms with van der Waals surface area (Å²) in [5, 5.41) is 0.531. The second kappa shape index (κ2) is 7.68. The minimum atomic E-state index is -2.09. The van der Waals surface area contributed by atoms with E-state index in [0.29, 0.717) is 16.3 Å². The lowest BCUT2D eigenvalue weighted by molar-refractivity contribution is -0.127. The number of ketones is 2. The maximum Gasteiger partial charge on any atom is 0.241 e. The number of aryl methyl sites for hydroxylation is 1. The number of hydrogen-bond acceptors (Lipinski definition) is 5. The molecule has 0 aromatic heterocycles. The number of hydrogen-bond donors (Lipinski definition) is 0. The van der Waals surface area contributed by atoms with Crippen LogP contribution < -0.4 is 4.90 Å². The molecule has 6 rings (SSSR count). The van der Waals surface area contributed by atoms with Gasteiger partial charge in [-0.15, -0.1) is 0 Å². The molecule has 2 amide bonds. The smallest absolute Gasteiger partial charge is 0.241 e. The van der Waals surface area contributed by atoms with Gasteiger partial charge in [-0.25, -0.2) is 4.90 Å². The Balaban J connectivity index is 1.55. The molecule has 2 aliphatic heterocycles. The van der Waals surface area contributed by atoms with Crippen LogP contribution in [0, 0.1) is 18.8 Å². The van der Waals surface area contributed by atoms with E-state index in [9.17, 15) is 19.2 Å². The van der Waals surface area contributed by atoms with Crippen molar-refractivity contribution in [2.24, 2.45) is 11.8 Å². The summed E-state index contributed by atoms with van der Waals surface area (Å²) in [5.74, 6) is -4.63. The number of ether oxygens (including phenoxy) is 1. The predicted octanol–water partition coefficient (Wildman–Crippen LogP) is 5.11. The molecular formula is C27H17BrClNO5. The van der Waals surface area contributed by atoms with Crippen LogP contribution in [0.25, 0.3) is 0 Å². The van der Waals surface area contributed by atoms with Gasteiger partial charge in [-0.2, -0.15) is 0 Å². The van der Waals surface area contributed by atoms with Gasteiger partial charge in [-0.1, -0.05) is 63.9 Å². The molecule has 2 saturated heterocycles. The van der Waals surface area contributed by atoms with Crippen LogP contribution in [-0.2, 0) is 14.3 Å². The fraction of sp³-hybridized carbons (Fsp3) is 0.185. The van der Waals surface area contributed by atoms with Crippen molar-refractivity contribution in [3.63, 3.8) is 0 Å². The molecule has 0 N–H and O–H groups in total. The maximum atomic E-state index is 13.9. The van der Waals surface area contributed by atoms with E-state index < -0.39 is 46.9 Å². The van der Waals surface area contributed by atoms with Gasteiger partial charge in [-0.05, 0) is 48.4 Å². The molecule has 1 spiro atoms. The second-order valence-electron chi connectivity index (χ2n) is 8.98. The lowest BCUT2D eigenvalue weighted by Gasteiger charge is -2.27. The number of Topliss-reactive ketones (excluding diaryl/α,β-unsaturated/α-hetero) is 2. The van der Waals surface area contributed by atoms with Gasteiger partial charge in [0, 0.05) is 20.6 Å². The molecule has 3 aromatic rings. The summed E-state index contributed by atoms with van der Waals surface area (Å²) < 4.78 is 7.07. The SMILES string of the molecule is Cc1cc([C@H]2OC3(C(=O)c4ccccc4C3=O)[C@@H]3C(=O)N(c4ccc(Br)cc4)C(=O)[C@@H]23)ccc1Cl. The Morgan fingerprint density at radius 1 is 0.886 bits per heavy atom. The van der Waals surface area contributed by atoms with Crippen LogP contribution in [0.3, 0.4) is 0 Å². The third kappa shape index (κ3) is 2.92. The molecule has 3 aliphatic rings. The molecule has 174 valence electrons. The van der Waals surface area contributed by atoms with Gasteiger partial charge in [0.05, 0.1) is 23.6 Å². The Morgan fingerprint density at radius 2 is 1.51 bits per heavy atom. The molecule has 3 atom stereocenters. The van der Waals surface area contributed by atoms with Crippen molar-refractivity contribution in [1.82, 2.24) is 0 Å². The first-order valence-electron chi connectivity index (χ1n) is 11.0. The quantitative estimate of drug-likeness (QED) is 0.327. The number of carbonyl (C=O) groups is 4. The minimum Gasteiger partial charge on any atom is -0.349 e. The summed E-state index contributed by atoms with van der Waals surface area (Å²) >= 11 is 9.57. The van der Waals surface area contributed by atoms with E-state index in [1.165, 1.54) is 0 Å². The molecule has 35 heavy (non-hydrogen) atoms. The monoisotopic (exact) mass is 549 g/mol. The fourth-order valence-corrected chi connectivity index (χ4v) is 5.89. The Hall–Kier alpha value is -3.13. The van der Waals surface area contributed by atoms with Gasteiger partial charge < -0.3 is 4.74 Å².